The normalized spacial score (nSPS) is 11.4. The van der Waals surface area contributed by atoms with Crippen molar-refractivity contribution < 1.29 is 9.53 Å². The van der Waals surface area contributed by atoms with Crippen molar-refractivity contribution in [2.45, 2.75) is 0 Å². The number of nitrogen functional groups attached to an aromatic ring is 1. The van der Waals surface area contributed by atoms with E-state index in [0.29, 0.717) is 27.4 Å². The third-order valence-electron chi connectivity index (χ3n) is 3.94. The van der Waals surface area contributed by atoms with E-state index in [2.05, 4.69) is 4.98 Å². The Kier molecular flexibility index (Phi) is 2.92. The molecule has 2 aromatic carbocycles. The lowest BCUT2D eigenvalue weighted by molar-refractivity contribution is 0.0604. The number of halogens is 1. The highest BCUT2D eigenvalue weighted by atomic mass is 35.5. The lowest BCUT2D eigenvalue weighted by Gasteiger charge is -2.12. The topological polar surface area (TPSA) is 69.6 Å². The molecule has 0 radical (unpaired) electrons. The van der Waals surface area contributed by atoms with Crippen LogP contribution in [-0.4, -0.2) is 22.5 Å². The van der Waals surface area contributed by atoms with Gasteiger partial charge in [-0.3, -0.25) is 4.40 Å². The Balaban J connectivity index is 2.33. The summed E-state index contributed by atoms with van der Waals surface area (Å²) in [6.07, 6.45) is 0. The monoisotopic (exact) mass is 325 g/mol. The summed E-state index contributed by atoms with van der Waals surface area (Å²) >= 11 is 6.14. The number of carbonyl (C=O) groups is 1. The third kappa shape index (κ3) is 1.87. The molecule has 4 rings (SSSR count). The first-order valence-corrected chi connectivity index (χ1v) is 7.36. The van der Waals surface area contributed by atoms with Gasteiger partial charge in [-0.2, -0.15) is 0 Å². The molecule has 0 atom stereocenters. The van der Waals surface area contributed by atoms with E-state index < -0.39 is 5.97 Å². The Bertz CT molecular complexity index is 1100. The van der Waals surface area contributed by atoms with Gasteiger partial charge in [0.05, 0.1) is 18.1 Å². The number of imidazole rings is 1. The van der Waals surface area contributed by atoms with E-state index in [4.69, 9.17) is 22.1 Å². The number of nitrogens with zero attached hydrogens (tertiary/aromatic N) is 2. The van der Waals surface area contributed by atoms with Crippen LogP contribution in [0.5, 0.6) is 0 Å². The Labute approximate surface area is 136 Å². The van der Waals surface area contributed by atoms with Crippen LogP contribution in [0, 0.1) is 0 Å². The van der Waals surface area contributed by atoms with Crippen LogP contribution in [0.15, 0.2) is 42.5 Å². The van der Waals surface area contributed by atoms with Crippen molar-refractivity contribution in [2.24, 2.45) is 0 Å². The zero-order chi connectivity index (χ0) is 16.1. The molecule has 2 aromatic heterocycles. The number of para-hydroxylation sites is 2. The molecule has 5 nitrogen and oxygen atoms in total. The summed E-state index contributed by atoms with van der Waals surface area (Å²) in [7, 11) is 1.33. The van der Waals surface area contributed by atoms with Gasteiger partial charge in [0, 0.05) is 15.8 Å². The first-order valence-electron chi connectivity index (χ1n) is 6.98. The highest BCUT2D eigenvalue weighted by molar-refractivity contribution is 6.32. The van der Waals surface area contributed by atoms with Gasteiger partial charge in [0.1, 0.15) is 17.0 Å². The maximum atomic E-state index is 12.3. The predicted molar refractivity (Wildman–Crippen MR) is 91.0 cm³/mol. The number of aromatic nitrogens is 2. The SMILES string of the molecule is COC(=O)c1c(N)n2c3ccccc3nc2c2cc(Cl)ccc12. The van der Waals surface area contributed by atoms with Gasteiger partial charge < -0.3 is 10.5 Å². The fourth-order valence-corrected chi connectivity index (χ4v) is 3.11. The molecular formula is C17H12ClN3O2. The zero-order valence-electron chi connectivity index (χ0n) is 12.2. The predicted octanol–water partition coefficient (Wildman–Crippen LogP) is 3.66. The molecule has 0 saturated heterocycles. The number of benzene rings is 2. The average Bonchev–Trinajstić information content (AvgIpc) is 2.95. The highest BCUT2D eigenvalue weighted by Crippen LogP contribution is 2.33. The number of esters is 1. The number of anilines is 1. The highest BCUT2D eigenvalue weighted by Gasteiger charge is 2.21. The maximum absolute atomic E-state index is 12.3. The smallest absolute Gasteiger partial charge is 0.342 e. The summed E-state index contributed by atoms with van der Waals surface area (Å²) in [6, 6.07) is 12.9. The van der Waals surface area contributed by atoms with E-state index in [1.54, 1.807) is 22.6 Å². The first-order chi connectivity index (χ1) is 11.1. The largest absolute Gasteiger partial charge is 0.465 e. The second-order valence-electron chi connectivity index (χ2n) is 5.20. The van der Waals surface area contributed by atoms with Crippen molar-refractivity contribution in [2.75, 3.05) is 12.8 Å². The summed E-state index contributed by atoms with van der Waals surface area (Å²) in [6.45, 7) is 0. The fourth-order valence-electron chi connectivity index (χ4n) is 2.94. The summed E-state index contributed by atoms with van der Waals surface area (Å²) in [4.78, 5) is 16.9. The number of methoxy groups -OCH3 is 1. The molecule has 0 bridgehead atoms. The minimum absolute atomic E-state index is 0.301. The molecule has 0 amide bonds. The number of hydrogen-bond donors (Lipinski definition) is 1. The summed E-state index contributed by atoms with van der Waals surface area (Å²) in [5.41, 5.74) is 8.89. The molecule has 2 heterocycles. The Morgan fingerprint density at radius 3 is 2.78 bits per heavy atom. The lowest BCUT2D eigenvalue weighted by Crippen LogP contribution is -2.11. The molecule has 0 unspecified atom stereocenters. The standard InChI is InChI=1S/C17H12ClN3O2/c1-23-17(22)14-10-7-6-9(18)8-11(10)16-20-12-4-2-3-5-13(12)21(16)15(14)19/h2-8H,19H2,1H3. The number of carbonyl (C=O) groups excluding carboxylic acids is 1. The molecule has 0 aliphatic rings. The molecule has 6 heteroatoms. The molecule has 0 fully saturated rings. The van der Waals surface area contributed by atoms with Crippen molar-refractivity contribution in [3.05, 3.63) is 53.1 Å². The molecule has 0 aliphatic carbocycles. The van der Waals surface area contributed by atoms with Gasteiger partial charge in [-0.25, -0.2) is 9.78 Å². The van der Waals surface area contributed by atoms with Crippen LogP contribution in [-0.2, 0) is 4.74 Å². The summed E-state index contributed by atoms with van der Waals surface area (Å²) in [5, 5.41) is 1.98. The van der Waals surface area contributed by atoms with Crippen molar-refractivity contribution >= 4 is 50.8 Å². The van der Waals surface area contributed by atoms with Gasteiger partial charge in [0.15, 0.2) is 0 Å². The molecule has 23 heavy (non-hydrogen) atoms. The number of hydrogen-bond acceptors (Lipinski definition) is 4. The van der Waals surface area contributed by atoms with Crippen molar-refractivity contribution in [3.8, 4) is 0 Å². The van der Waals surface area contributed by atoms with Crippen molar-refractivity contribution in [1.82, 2.24) is 9.38 Å². The second kappa shape index (κ2) is 4.86. The van der Waals surface area contributed by atoms with E-state index in [9.17, 15) is 4.79 Å². The lowest BCUT2D eigenvalue weighted by atomic mass is 10.1. The minimum atomic E-state index is -0.491. The van der Waals surface area contributed by atoms with E-state index >= 15 is 0 Å². The number of nitrogens with two attached hydrogens (primary N) is 1. The van der Waals surface area contributed by atoms with Crippen LogP contribution >= 0.6 is 11.6 Å². The zero-order valence-corrected chi connectivity index (χ0v) is 13.0. The maximum Gasteiger partial charge on any atom is 0.342 e. The van der Waals surface area contributed by atoms with Gasteiger partial charge in [-0.1, -0.05) is 29.8 Å². The fraction of sp³-hybridized carbons (Fsp3) is 0.0588. The number of rotatable bonds is 1. The minimum Gasteiger partial charge on any atom is -0.465 e. The Morgan fingerprint density at radius 1 is 1.22 bits per heavy atom. The van der Waals surface area contributed by atoms with Gasteiger partial charge in [0.2, 0.25) is 0 Å². The van der Waals surface area contributed by atoms with Crippen LogP contribution < -0.4 is 5.73 Å². The Morgan fingerprint density at radius 2 is 2.00 bits per heavy atom. The van der Waals surface area contributed by atoms with E-state index in [1.165, 1.54) is 7.11 Å². The second-order valence-corrected chi connectivity index (χ2v) is 5.64. The molecule has 114 valence electrons. The number of pyridine rings is 1. The molecule has 4 aromatic rings. The molecule has 0 aliphatic heterocycles. The van der Waals surface area contributed by atoms with Crippen molar-refractivity contribution in [1.29, 1.82) is 0 Å². The number of fused-ring (bicyclic) bond motifs is 5. The molecular weight excluding hydrogens is 314 g/mol. The van der Waals surface area contributed by atoms with Gasteiger partial charge in [-0.15, -0.1) is 0 Å². The van der Waals surface area contributed by atoms with E-state index in [-0.39, 0.29) is 0 Å². The van der Waals surface area contributed by atoms with Crippen LogP contribution in [0.4, 0.5) is 5.82 Å². The molecule has 0 saturated carbocycles. The quantitative estimate of drug-likeness (QED) is 0.542. The first kappa shape index (κ1) is 13.8. The van der Waals surface area contributed by atoms with Gasteiger partial charge >= 0.3 is 5.97 Å². The van der Waals surface area contributed by atoms with Crippen molar-refractivity contribution in [3.63, 3.8) is 0 Å². The number of ether oxygens (including phenoxy) is 1. The summed E-state index contributed by atoms with van der Waals surface area (Å²) < 4.78 is 6.67. The average molecular weight is 326 g/mol. The van der Waals surface area contributed by atoms with E-state index in [0.717, 1.165) is 16.4 Å². The molecule has 0 spiro atoms. The van der Waals surface area contributed by atoms with Gasteiger partial charge in [-0.05, 0) is 24.3 Å². The Hall–Kier alpha value is -2.79. The van der Waals surface area contributed by atoms with Gasteiger partial charge in [0.25, 0.3) is 0 Å². The van der Waals surface area contributed by atoms with Crippen LogP contribution in [0.2, 0.25) is 5.02 Å². The van der Waals surface area contributed by atoms with Crippen LogP contribution in [0.1, 0.15) is 10.4 Å². The van der Waals surface area contributed by atoms with Crippen LogP contribution in [0.3, 0.4) is 0 Å². The third-order valence-corrected chi connectivity index (χ3v) is 4.17. The van der Waals surface area contributed by atoms with E-state index in [1.807, 2.05) is 24.3 Å². The van der Waals surface area contributed by atoms with Crippen LogP contribution in [0.25, 0.3) is 27.5 Å². The molecule has 2 N–H and O–H groups in total. The summed E-state index contributed by atoms with van der Waals surface area (Å²) in [5.74, 6) is -0.190.